The summed E-state index contributed by atoms with van der Waals surface area (Å²) < 4.78 is 46.2. The Bertz CT molecular complexity index is 1040. The number of ether oxygens (including phenoxy) is 1. The van der Waals surface area contributed by atoms with Crippen molar-refractivity contribution in [1.82, 2.24) is 4.98 Å². The second-order valence-electron chi connectivity index (χ2n) is 8.17. The van der Waals surface area contributed by atoms with E-state index in [-0.39, 0.29) is 12.4 Å². The first-order valence-corrected chi connectivity index (χ1v) is 12.2. The molecule has 1 aliphatic rings. The van der Waals surface area contributed by atoms with Gasteiger partial charge in [-0.25, -0.2) is 4.98 Å². The van der Waals surface area contributed by atoms with E-state index in [1.165, 1.54) is 35.9 Å². The molecule has 1 saturated heterocycles. The molecule has 4 nitrogen and oxygen atoms in total. The number of anilines is 3. The lowest BCUT2D eigenvalue weighted by atomic mass is 10.1. The van der Waals surface area contributed by atoms with E-state index in [0.29, 0.717) is 10.8 Å². The van der Waals surface area contributed by atoms with Gasteiger partial charge >= 0.3 is 6.18 Å². The Hall–Kier alpha value is -2.74. The largest absolute Gasteiger partial charge is 0.493 e. The molecule has 0 spiro atoms. The fourth-order valence-electron chi connectivity index (χ4n) is 3.89. The zero-order valence-corrected chi connectivity index (χ0v) is 19.4. The third-order valence-electron chi connectivity index (χ3n) is 5.68. The van der Waals surface area contributed by atoms with Gasteiger partial charge in [-0.05, 0) is 49.6 Å². The molecule has 0 radical (unpaired) electrons. The Kier molecular flexibility index (Phi) is 7.42. The van der Waals surface area contributed by atoms with E-state index >= 15 is 0 Å². The van der Waals surface area contributed by atoms with Crippen LogP contribution in [0, 0.1) is 0 Å². The highest BCUT2D eigenvalue weighted by Crippen LogP contribution is 2.39. The molecular formula is C25H28F3N3OS. The number of benzene rings is 2. The number of halogens is 3. The third kappa shape index (κ3) is 5.99. The number of alkyl halides is 3. The van der Waals surface area contributed by atoms with Gasteiger partial charge < -0.3 is 15.0 Å². The molecule has 1 aliphatic heterocycles. The van der Waals surface area contributed by atoms with E-state index in [2.05, 4.69) is 27.3 Å². The quantitative estimate of drug-likeness (QED) is 0.321. The fraction of sp³-hybridized carbons (Fsp3) is 0.400. The second kappa shape index (κ2) is 10.5. The summed E-state index contributed by atoms with van der Waals surface area (Å²) in [6.07, 6.45) is 0.596. The molecule has 0 bridgehead atoms. The number of unbranched alkanes of at least 4 members (excludes halogenated alkanes) is 2. The first-order chi connectivity index (χ1) is 15.9. The summed E-state index contributed by atoms with van der Waals surface area (Å²) in [5.74, 6) is -0.137. The molecule has 1 fully saturated rings. The van der Waals surface area contributed by atoms with Crippen molar-refractivity contribution in [2.45, 2.75) is 45.2 Å². The molecule has 0 atom stereocenters. The molecule has 33 heavy (non-hydrogen) atoms. The highest BCUT2D eigenvalue weighted by atomic mass is 32.1. The summed E-state index contributed by atoms with van der Waals surface area (Å²) in [6.45, 7) is 4.49. The Labute approximate surface area is 196 Å². The lowest BCUT2D eigenvalue weighted by Crippen LogP contribution is -2.17. The number of nitrogens with zero attached hydrogens (tertiary/aromatic N) is 2. The minimum atomic E-state index is -4.50. The maximum absolute atomic E-state index is 13.6. The summed E-state index contributed by atoms with van der Waals surface area (Å²) in [4.78, 5) is 6.94. The first-order valence-electron chi connectivity index (χ1n) is 11.4. The predicted molar refractivity (Wildman–Crippen MR) is 129 cm³/mol. The number of rotatable bonds is 9. The maximum Gasteiger partial charge on any atom is 0.420 e. The van der Waals surface area contributed by atoms with Crippen molar-refractivity contribution in [3.63, 3.8) is 0 Å². The minimum Gasteiger partial charge on any atom is -0.493 e. The van der Waals surface area contributed by atoms with Crippen LogP contribution in [0.3, 0.4) is 0 Å². The van der Waals surface area contributed by atoms with Crippen LogP contribution in [0.5, 0.6) is 5.75 Å². The average Bonchev–Trinajstić information content (AvgIpc) is 3.49. The van der Waals surface area contributed by atoms with Crippen molar-refractivity contribution in [2.24, 2.45) is 0 Å². The minimum absolute atomic E-state index is 0.137. The van der Waals surface area contributed by atoms with Gasteiger partial charge in [-0.15, -0.1) is 11.3 Å². The van der Waals surface area contributed by atoms with Crippen molar-refractivity contribution in [1.29, 1.82) is 0 Å². The summed E-state index contributed by atoms with van der Waals surface area (Å²) >= 11 is 1.36. The summed E-state index contributed by atoms with van der Waals surface area (Å²) in [7, 11) is 0. The molecule has 1 N–H and O–H groups in total. The molecule has 2 heterocycles. The van der Waals surface area contributed by atoms with E-state index < -0.39 is 11.7 Å². The summed E-state index contributed by atoms with van der Waals surface area (Å²) in [5.41, 5.74) is 2.53. The highest BCUT2D eigenvalue weighted by molar-refractivity contribution is 7.14. The topological polar surface area (TPSA) is 37.4 Å². The number of aromatic nitrogens is 1. The van der Waals surface area contributed by atoms with Crippen LogP contribution in [0.1, 0.15) is 44.6 Å². The molecule has 0 saturated carbocycles. The zero-order valence-electron chi connectivity index (χ0n) is 18.6. The van der Waals surface area contributed by atoms with Crippen LogP contribution in [-0.2, 0) is 6.18 Å². The van der Waals surface area contributed by atoms with Crippen LogP contribution in [0.15, 0.2) is 47.8 Å². The Balaban J connectivity index is 1.45. The van der Waals surface area contributed by atoms with Gasteiger partial charge in [-0.2, -0.15) is 13.2 Å². The van der Waals surface area contributed by atoms with Crippen LogP contribution < -0.4 is 15.0 Å². The van der Waals surface area contributed by atoms with Gasteiger partial charge in [0.2, 0.25) is 0 Å². The molecule has 2 aromatic carbocycles. The van der Waals surface area contributed by atoms with Gasteiger partial charge in [0.05, 0.1) is 17.9 Å². The first kappa shape index (κ1) is 23.4. The van der Waals surface area contributed by atoms with E-state index in [4.69, 9.17) is 4.74 Å². The van der Waals surface area contributed by atoms with Crippen LogP contribution in [-0.4, -0.2) is 24.7 Å². The summed E-state index contributed by atoms with van der Waals surface area (Å²) in [6, 6.07) is 12.3. The standard InChI is InChI=1S/C25H28F3N3OS/c1-2-3-6-15-32-23-12-9-19(16-21(23)25(26,27)28)29-24-30-22(17-33-24)18-7-10-20(11-8-18)31-13-4-5-14-31/h7-12,16-17H,2-6,13-15H2,1H3,(H,29,30). The molecule has 0 unspecified atom stereocenters. The van der Waals surface area contributed by atoms with Crippen LogP contribution in [0.25, 0.3) is 11.3 Å². The third-order valence-corrected chi connectivity index (χ3v) is 6.44. The second-order valence-corrected chi connectivity index (χ2v) is 9.03. The van der Waals surface area contributed by atoms with Crippen molar-refractivity contribution < 1.29 is 17.9 Å². The predicted octanol–water partition coefficient (Wildman–Crippen LogP) is 7.74. The van der Waals surface area contributed by atoms with E-state index in [9.17, 15) is 13.2 Å². The molecule has 4 rings (SSSR count). The lowest BCUT2D eigenvalue weighted by Gasteiger charge is -2.17. The molecule has 176 valence electrons. The van der Waals surface area contributed by atoms with Crippen LogP contribution >= 0.6 is 11.3 Å². The van der Waals surface area contributed by atoms with E-state index in [1.54, 1.807) is 6.07 Å². The molecular weight excluding hydrogens is 447 g/mol. The summed E-state index contributed by atoms with van der Waals surface area (Å²) in [5, 5.41) is 5.46. The zero-order chi connectivity index (χ0) is 23.3. The van der Waals surface area contributed by atoms with Crippen molar-refractivity contribution in [3.05, 3.63) is 53.4 Å². The number of hydrogen-bond acceptors (Lipinski definition) is 5. The molecule has 0 aliphatic carbocycles. The van der Waals surface area contributed by atoms with Crippen molar-refractivity contribution >= 4 is 27.8 Å². The number of hydrogen-bond donors (Lipinski definition) is 1. The molecule has 8 heteroatoms. The monoisotopic (exact) mass is 475 g/mol. The van der Waals surface area contributed by atoms with Gasteiger partial charge in [0.25, 0.3) is 0 Å². The van der Waals surface area contributed by atoms with Gasteiger partial charge in [0.15, 0.2) is 5.13 Å². The lowest BCUT2D eigenvalue weighted by molar-refractivity contribution is -0.138. The Morgan fingerprint density at radius 3 is 2.52 bits per heavy atom. The number of thiazole rings is 1. The van der Waals surface area contributed by atoms with Gasteiger partial charge in [-0.1, -0.05) is 31.9 Å². The van der Waals surface area contributed by atoms with Crippen LogP contribution in [0.2, 0.25) is 0 Å². The SMILES string of the molecule is CCCCCOc1ccc(Nc2nc(-c3ccc(N4CCCC4)cc3)cs2)cc1C(F)(F)F. The van der Waals surface area contributed by atoms with Crippen molar-refractivity contribution in [3.8, 4) is 17.0 Å². The van der Waals surface area contributed by atoms with E-state index in [0.717, 1.165) is 49.7 Å². The number of nitrogens with one attached hydrogen (secondary N) is 1. The normalized spacial score (nSPS) is 14.0. The van der Waals surface area contributed by atoms with Gasteiger partial charge in [0.1, 0.15) is 5.75 Å². The highest BCUT2D eigenvalue weighted by Gasteiger charge is 2.34. The Morgan fingerprint density at radius 2 is 1.82 bits per heavy atom. The Morgan fingerprint density at radius 1 is 1.06 bits per heavy atom. The molecule has 3 aromatic rings. The van der Waals surface area contributed by atoms with E-state index in [1.807, 2.05) is 24.4 Å². The maximum atomic E-state index is 13.6. The fourth-order valence-corrected chi connectivity index (χ4v) is 4.63. The van der Waals surface area contributed by atoms with Crippen molar-refractivity contribution in [2.75, 3.05) is 29.9 Å². The molecule has 0 amide bonds. The van der Waals surface area contributed by atoms with Gasteiger partial charge in [0, 0.05) is 35.4 Å². The van der Waals surface area contributed by atoms with Crippen LogP contribution in [0.4, 0.5) is 29.7 Å². The van der Waals surface area contributed by atoms with Gasteiger partial charge in [-0.3, -0.25) is 0 Å². The smallest absolute Gasteiger partial charge is 0.420 e. The average molecular weight is 476 g/mol. The molecule has 1 aromatic heterocycles.